The molecule has 0 aromatic heterocycles. The number of nitrogens with zero attached hydrogens (tertiary/aromatic N) is 3. The summed E-state index contributed by atoms with van der Waals surface area (Å²) in [5.41, 5.74) is 2.31. The minimum atomic E-state index is -0.543. The zero-order valence-electron chi connectivity index (χ0n) is 14.0. The van der Waals surface area contributed by atoms with Gasteiger partial charge in [-0.1, -0.05) is 47.6 Å². The number of benzene rings is 2. The second-order valence-corrected chi connectivity index (χ2v) is 7.11. The van der Waals surface area contributed by atoms with Crippen LogP contribution in [0.2, 0.25) is 5.02 Å². The number of carbonyl (C=O) groups is 1. The summed E-state index contributed by atoms with van der Waals surface area (Å²) in [5.74, 6) is 0.324. The van der Waals surface area contributed by atoms with Gasteiger partial charge in [-0.25, -0.2) is 0 Å². The van der Waals surface area contributed by atoms with Gasteiger partial charge < -0.3 is 0 Å². The van der Waals surface area contributed by atoms with Crippen molar-refractivity contribution in [3.8, 4) is 0 Å². The molecule has 2 aromatic rings. The lowest BCUT2D eigenvalue weighted by Crippen LogP contribution is -2.33. The molecule has 3 rings (SSSR count). The van der Waals surface area contributed by atoms with Crippen molar-refractivity contribution < 1.29 is 9.72 Å². The summed E-state index contributed by atoms with van der Waals surface area (Å²) in [4.78, 5) is 29.2. The summed E-state index contributed by atoms with van der Waals surface area (Å²) in [6, 6.07) is 11.9. The Labute approximate surface area is 160 Å². The van der Waals surface area contributed by atoms with Gasteiger partial charge in [0.25, 0.3) is 11.6 Å². The van der Waals surface area contributed by atoms with Crippen LogP contribution < -0.4 is 0 Å². The Morgan fingerprint density at radius 1 is 1.35 bits per heavy atom. The smallest absolute Gasteiger partial charge is 0.270 e. The third-order valence-corrected chi connectivity index (χ3v) is 5.45. The molecule has 0 radical (unpaired) electrons. The van der Waals surface area contributed by atoms with Gasteiger partial charge in [0.15, 0.2) is 5.17 Å². The third kappa shape index (κ3) is 3.89. The number of amidine groups is 1. The van der Waals surface area contributed by atoms with Crippen molar-refractivity contribution >= 4 is 40.1 Å². The van der Waals surface area contributed by atoms with Crippen LogP contribution in [0.15, 0.2) is 47.5 Å². The van der Waals surface area contributed by atoms with Crippen LogP contribution in [0.1, 0.15) is 21.5 Å². The number of carbonyl (C=O) groups excluding carboxylic acids is 1. The maximum absolute atomic E-state index is 12.9. The van der Waals surface area contributed by atoms with Crippen LogP contribution in [-0.2, 0) is 5.75 Å². The molecule has 0 bridgehead atoms. The van der Waals surface area contributed by atoms with Gasteiger partial charge in [-0.05, 0) is 24.1 Å². The lowest BCUT2D eigenvalue weighted by Gasteiger charge is -2.18. The van der Waals surface area contributed by atoms with Crippen molar-refractivity contribution in [1.29, 1.82) is 0 Å². The van der Waals surface area contributed by atoms with E-state index in [1.54, 1.807) is 0 Å². The molecule has 0 atom stereocenters. The maximum atomic E-state index is 12.9. The number of hydrogen-bond donors (Lipinski definition) is 0. The van der Waals surface area contributed by atoms with Crippen LogP contribution in [0.3, 0.4) is 0 Å². The average molecular weight is 390 g/mol. The molecule has 0 unspecified atom stereocenters. The van der Waals surface area contributed by atoms with E-state index in [4.69, 9.17) is 11.6 Å². The normalized spacial score (nSPS) is 13.6. The lowest BCUT2D eigenvalue weighted by molar-refractivity contribution is -0.384. The predicted molar refractivity (Wildman–Crippen MR) is 104 cm³/mol. The second-order valence-electron chi connectivity index (χ2n) is 5.76. The monoisotopic (exact) mass is 389 g/mol. The number of aryl methyl sites for hydroxylation is 1. The number of non-ortho nitro benzene ring substituents is 1. The molecule has 26 heavy (non-hydrogen) atoms. The Hall–Kier alpha value is -2.38. The van der Waals surface area contributed by atoms with E-state index in [-0.39, 0.29) is 22.2 Å². The fourth-order valence-electron chi connectivity index (χ4n) is 2.59. The molecule has 1 amide bonds. The van der Waals surface area contributed by atoms with Crippen molar-refractivity contribution in [3.63, 3.8) is 0 Å². The van der Waals surface area contributed by atoms with Gasteiger partial charge in [-0.15, -0.1) is 0 Å². The number of amides is 1. The molecule has 6 nitrogen and oxygen atoms in total. The number of hydrogen-bond acceptors (Lipinski definition) is 5. The standard InChI is InChI=1S/C18H16ClN3O3S/c1-12-4-2-3-5-13(12)11-26-18-20-8-9-21(18)17(23)15-10-14(22(24)25)6-7-16(15)19/h2-7,10H,8-9,11H2,1H3. The Kier molecular flexibility index (Phi) is 5.58. The summed E-state index contributed by atoms with van der Waals surface area (Å²) < 4.78 is 0. The van der Waals surface area contributed by atoms with Crippen molar-refractivity contribution in [2.24, 2.45) is 4.99 Å². The number of nitro benzene ring substituents is 1. The van der Waals surface area contributed by atoms with Crippen molar-refractivity contribution in [1.82, 2.24) is 4.90 Å². The SMILES string of the molecule is Cc1ccccc1CSC1=NCCN1C(=O)c1cc([N+](=O)[O-])ccc1Cl. The Bertz CT molecular complexity index is 901. The zero-order chi connectivity index (χ0) is 18.7. The lowest BCUT2D eigenvalue weighted by atomic mass is 10.1. The fraction of sp³-hybridized carbons (Fsp3) is 0.222. The highest BCUT2D eigenvalue weighted by atomic mass is 35.5. The van der Waals surface area contributed by atoms with Gasteiger partial charge in [-0.2, -0.15) is 0 Å². The topological polar surface area (TPSA) is 75.8 Å². The Morgan fingerprint density at radius 3 is 2.85 bits per heavy atom. The largest absolute Gasteiger partial charge is 0.286 e. The van der Waals surface area contributed by atoms with Gasteiger partial charge in [-0.3, -0.25) is 24.8 Å². The van der Waals surface area contributed by atoms with Gasteiger partial charge in [0.2, 0.25) is 0 Å². The van der Waals surface area contributed by atoms with E-state index in [2.05, 4.69) is 4.99 Å². The fourth-order valence-corrected chi connectivity index (χ4v) is 3.91. The van der Waals surface area contributed by atoms with E-state index in [1.165, 1.54) is 46.0 Å². The Balaban J connectivity index is 1.77. The number of halogens is 1. The number of aliphatic imine (C=N–C) groups is 1. The van der Waals surface area contributed by atoms with Crippen molar-refractivity contribution in [3.05, 3.63) is 74.3 Å². The first kappa shape index (κ1) is 18.4. The Morgan fingerprint density at radius 2 is 2.12 bits per heavy atom. The first-order valence-electron chi connectivity index (χ1n) is 7.95. The molecular weight excluding hydrogens is 374 g/mol. The van der Waals surface area contributed by atoms with Crippen LogP contribution in [0.5, 0.6) is 0 Å². The van der Waals surface area contributed by atoms with Crippen LogP contribution in [0, 0.1) is 17.0 Å². The molecule has 1 aliphatic heterocycles. The first-order chi connectivity index (χ1) is 12.5. The highest BCUT2D eigenvalue weighted by molar-refractivity contribution is 8.13. The molecule has 134 valence electrons. The summed E-state index contributed by atoms with van der Waals surface area (Å²) in [6.07, 6.45) is 0. The summed E-state index contributed by atoms with van der Waals surface area (Å²) >= 11 is 7.58. The zero-order valence-corrected chi connectivity index (χ0v) is 15.6. The van der Waals surface area contributed by atoms with E-state index in [0.717, 1.165) is 0 Å². The number of rotatable bonds is 4. The third-order valence-electron chi connectivity index (χ3n) is 4.06. The molecule has 0 saturated carbocycles. The van der Waals surface area contributed by atoms with Crippen molar-refractivity contribution in [2.75, 3.05) is 13.1 Å². The van der Waals surface area contributed by atoms with E-state index < -0.39 is 4.92 Å². The van der Waals surface area contributed by atoms with Gasteiger partial charge >= 0.3 is 0 Å². The van der Waals surface area contributed by atoms with Gasteiger partial charge in [0, 0.05) is 24.4 Å². The molecule has 8 heteroatoms. The molecule has 0 N–H and O–H groups in total. The second kappa shape index (κ2) is 7.88. The molecule has 0 fully saturated rings. The molecule has 2 aromatic carbocycles. The minimum absolute atomic E-state index is 0.118. The maximum Gasteiger partial charge on any atom is 0.270 e. The van der Waals surface area contributed by atoms with Crippen LogP contribution in [0.25, 0.3) is 0 Å². The summed E-state index contributed by atoms with van der Waals surface area (Å²) in [7, 11) is 0. The number of nitro groups is 1. The minimum Gasteiger partial charge on any atom is -0.286 e. The quantitative estimate of drug-likeness (QED) is 0.577. The molecule has 0 spiro atoms. The average Bonchev–Trinajstić information content (AvgIpc) is 3.09. The molecule has 0 saturated heterocycles. The molecule has 0 aliphatic carbocycles. The van der Waals surface area contributed by atoms with Gasteiger partial charge in [0.1, 0.15) is 0 Å². The summed E-state index contributed by atoms with van der Waals surface area (Å²) in [6.45, 7) is 2.99. The van der Waals surface area contributed by atoms with E-state index >= 15 is 0 Å². The first-order valence-corrected chi connectivity index (χ1v) is 9.31. The van der Waals surface area contributed by atoms with E-state index in [9.17, 15) is 14.9 Å². The van der Waals surface area contributed by atoms with E-state index in [1.807, 2.05) is 31.2 Å². The molecule has 1 aliphatic rings. The summed E-state index contributed by atoms with van der Waals surface area (Å²) in [5, 5.41) is 11.8. The van der Waals surface area contributed by atoms with E-state index in [0.29, 0.717) is 24.0 Å². The molecular formula is C18H16ClN3O3S. The van der Waals surface area contributed by atoms with Crippen LogP contribution >= 0.6 is 23.4 Å². The predicted octanol–water partition coefficient (Wildman–Crippen LogP) is 4.30. The van der Waals surface area contributed by atoms with Crippen molar-refractivity contribution in [2.45, 2.75) is 12.7 Å². The highest BCUT2D eigenvalue weighted by Gasteiger charge is 2.28. The number of thioether (sulfide) groups is 1. The van der Waals surface area contributed by atoms with Crippen LogP contribution in [-0.4, -0.2) is 34.0 Å². The highest BCUT2D eigenvalue weighted by Crippen LogP contribution is 2.27. The van der Waals surface area contributed by atoms with Crippen LogP contribution in [0.4, 0.5) is 5.69 Å². The molecule has 1 heterocycles. The van der Waals surface area contributed by atoms with Gasteiger partial charge in [0.05, 0.1) is 22.1 Å².